The van der Waals surface area contributed by atoms with E-state index < -0.39 is 0 Å². The standard InChI is InChI=1S/C14H18N2O2/c1-11-6-12(8-17)13(15-7-11)16-9-14(10-16)2-4-18-5-3-14/h6-8H,2-5,9-10H2,1H3. The van der Waals surface area contributed by atoms with Crippen LogP contribution in [-0.2, 0) is 4.74 Å². The second kappa shape index (κ2) is 4.35. The second-order valence-electron chi connectivity index (χ2n) is 5.51. The smallest absolute Gasteiger partial charge is 0.153 e. The Morgan fingerprint density at radius 2 is 2.11 bits per heavy atom. The van der Waals surface area contributed by atoms with Crippen LogP contribution in [0.4, 0.5) is 5.82 Å². The van der Waals surface area contributed by atoms with Crippen LogP contribution >= 0.6 is 0 Å². The number of aromatic nitrogens is 1. The van der Waals surface area contributed by atoms with Crippen LogP contribution in [-0.4, -0.2) is 37.6 Å². The molecule has 0 aliphatic carbocycles. The van der Waals surface area contributed by atoms with Crippen LogP contribution in [0, 0.1) is 12.3 Å². The van der Waals surface area contributed by atoms with E-state index >= 15 is 0 Å². The molecule has 2 fully saturated rings. The average molecular weight is 246 g/mol. The minimum Gasteiger partial charge on any atom is -0.381 e. The van der Waals surface area contributed by atoms with Gasteiger partial charge >= 0.3 is 0 Å². The first-order valence-corrected chi connectivity index (χ1v) is 6.47. The Morgan fingerprint density at radius 1 is 1.39 bits per heavy atom. The van der Waals surface area contributed by atoms with Crippen LogP contribution in [0.1, 0.15) is 28.8 Å². The Bertz CT molecular complexity index is 459. The van der Waals surface area contributed by atoms with Crippen molar-refractivity contribution in [3.05, 3.63) is 23.4 Å². The third-order valence-electron chi connectivity index (χ3n) is 4.06. The molecule has 2 aliphatic heterocycles. The van der Waals surface area contributed by atoms with Gasteiger partial charge in [-0.15, -0.1) is 0 Å². The number of aryl methyl sites for hydroxylation is 1. The summed E-state index contributed by atoms with van der Waals surface area (Å²) in [5, 5.41) is 0. The maximum atomic E-state index is 11.1. The quantitative estimate of drug-likeness (QED) is 0.746. The van der Waals surface area contributed by atoms with Crippen molar-refractivity contribution < 1.29 is 9.53 Å². The number of nitrogens with zero attached hydrogens (tertiary/aromatic N) is 2. The minimum atomic E-state index is 0.408. The topological polar surface area (TPSA) is 42.4 Å². The lowest BCUT2D eigenvalue weighted by atomic mass is 9.73. The summed E-state index contributed by atoms with van der Waals surface area (Å²) >= 11 is 0. The van der Waals surface area contributed by atoms with Gasteiger partial charge in [0.05, 0.1) is 5.56 Å². The molecule has 1 spiro atoms. The molecule has 96 valence electrons. The SMILES string of the molecule is Cc1cnc(N2CC3(CCOCC3)C2)c(C=O)c1. The molecule has 2 aliphatic rings. The van der Waals surface area contributed by atoms with Gasteiger partial charge in [-0.2, -0.15) is 0 Å². The van der Waals surface area contributed by atoms with Crippen LogP contribution < -0.4 is 4.90 Å². The number of pyridine rings is 1. The number of anilines is 1. The first kappa shape index (κ1) is 11.7. The molecule has 3 heterocycles. The van der Waals surface area contributed by atoms with E-state index in [9.17, 15) is 4.79 Å². The fourth-order valence-corrected chi connectivity index (χ4v) is 2.97. The number of carbonyl (C=O) groups excluding carboxylic acids is 1. The number of hydrogen-bond acceptors (Lipinski definition) is 4. The van der Waals surface area contributed by atoms with Crippen LogP contribution in [0.5, 0.6) is 0 Å². The molecular formula is C14H18N2O2. The molecule has 0 unspecified atom stereocenters. The molecule has 4 nitrogen and oxygen atoms in total. The Morgan fingerprint density at radius 3 is 2.78 bits per heavy atom. The van der Waals surface area contributed by atoms with Gasteiger partial charge in [-0.1, -0.05) is 0 Å². The maximum Gasteiger partial charge on any atom is 0.153 e. The molecule has 3 rings (SSSR count). The van der Waals surface area contributed by atoms with E-state index in [1.165, 1.54) is 0 Å². The monoisotopic (exact) mass is 246 g/mol. The molecular weight excluding hydrogens is 228 g/mol. The number of ether oxygens (including phenoxy) is 1. The van der Waals surface area contributed by atoms with Gasteiger partial charge in [-0.25, -0.2) is 4.98 Å². The summed E-state index contributed by atoms with van der Waals surface area (Å²) in [6, 6.07) is 1.91. The van der Waals surface area contributed by atoms with E-state index in [1.54, 1.807) is 0 Å². The van der Waals surface area contributed by atoms with Crippen molar-refractivity contribution in [1.82, 2.24) is 4.98 Å². The fraction of sp³-hybridized carbons (Fsp3) is 0.571. The molecule has 1 aromatic heterocycles. The third kappa shape index (κ3) is 1.90. The molecule has 0 aromatic carbocycles. The van der Waals surface area contributed by atoms with Gasteiger partial charge in [0.15, 0.2) is 6.29 Å². The van der Waals surface area contributed by atoms with Crippen molar-refractivity contribution in [2.75, 3.05) is 31.2 Å². The van der Waals surface area contributed by atoms with Crippen molar-refractivity contribution in [3.8, 4) is 0 Å². The molecule has 0 saturated carbocycles. The number of carbonyl (C=O) groups is 1. The molecule has 0 amide bonds. The summed E-state index contributed by atoms with van der Waals surface area (Å²) in [6.07, 6.45) is 5.00. The first-order valence-electron chi connectivity index (χ1n) is 6.47. The summed E-state index contributed by atoms with van der Waals surface area (Å²) in [6.45, 7) is 5.71. The lowest BCUT2D eigenvalue weighted by Crippen LogP contribution is -2.59. The highest BCUT2D eigenvalue weighted by atomic mass is 16.5. The Kier molecular flexibility index (Phi) is 2.82. The second-order valence-corrected chi connectivity index (χ2v) is 5.51. The van der Waals surface area contributed by atoms with Crippen LogP contribution in [0.25, 0.3) is 0 Å². The minimum absolute atomic E-state index is 0.408. The molecule has 18 heavy (non-hydrogen) atoms. The van der Waals surface area contributed by atoms with Gasteiger partial charge in [0.25, 0.3) is 0 Å². The zero-order chi connectivity index (χ0) is 12.6. The summed E-state index contributed by atoms with van der Waals surface area (Å²) in [7, 11) is 0. The van der Waals surface area contributed by atoms with Gasteiger partial charge in [0, 0.05) is 37.9 Å². The molecule has 1 aromatic rings. The van der Waals surface area contributed by atoms with Crippen LogP contribution in [0.2, 0.25) is 0 Å². The number of rotatable bonds is 2. The van der Waals surface area contributed by atoms with Gasteiger partial charge in [0.1, 0.15) is 5.82 Å². The lowest BCUT2D eigenvalue weighted by molar-refractivity contribution is -0.000495. The van der Waals surface area contributed by atoms with Crippen LogP contribution in [0.15, 0.2) is 12.3 Å². The Balaban J connectivity index is 1.76. The molecule has 4 heteroatoms. The largest absolute Gasteiger partial charge is 0.381 e. The third-order valence-corrected chi connectivity index (χ3v) is 4.06. The van der Waals surface area contributed by atoms with Crippen LogP contribution in [0.3, 0.4) is 0 Å². The van der Waals surface area contributed by atoms with Gasteiger partial charge in [-0.05, 0) is 31.4 Å². The normalized spacial score (nSPS) is 21.7. The van der Waals surface area contributed by atoms with E-state index in [1.807, 2.05) is 19.2 Å². The molecule has 2 saturated heterocycles. The predicted molar refractivity (Wildman–Crippen MR) is 69.1 cm³/mol. The van der Waals surface area contributed by atoms with Crippen molar-refractivity contribution in [2.45, 2.75) is 19.8 Å². The summed E-state index contributed by atoms with van der Waals surface area (Å²) in [5.41, 5.74) is 2.14. The highest BCUT2D eigenvalue weighted by molar-refractivity contribution is 5.83. The predicted octanol–water partition coefficient (Wildman–Crippen LogP) is 1.82. The molecule has 0 atom stereocenters. The van der Waals surface area contributed by atoms with E-state index in [-0.39, 0.29) is 0 Å². The zero-order valence-electron chi connectivity index (χ0n) is 10.7. The Labute approximate surface area is 107 Å². The van der Waals surface area contributed by atoms with E-state index in [2.05, 4.69) is 9.88 Å². The van der Waals surface area contributed by atoms with Crippen molar-refractivity contribution >= 4 is 12.1 Å². The summed E-state index contributed by atoms with van der Waals surface area (Å²) < 4.78 is 5.41. The number of aldehydes is 1. The fourth-order valence-electron chi connectivity index (χ4n) is 2.97. The Hall–Kier alpha value is -1.42. The lowest BCUT2D eigenvalue weighted by Gasteiger charge is -2.53. The van der Waals surface area contributed by atoms with E-state index in [0.717, 1.165) is 56.8 Å². The molecule has 0 radical (unpaired) electrons. The zero-order valence-corrected chi connectivity index (χ0v) is 10.7. The van der Waals surface area contributed by atoms with Gasteiger partial charge < -0.3 is 9.64 Å². The molecule has 0 N–H and O–H groups in total. The van der Waals surface area contributed by atoms with E-state index in [0.29, 0.717) is 11.0 Å². The average Bonchev–Trinajstić information content (AvgIpc) is 2.37. The van der Waals surface area contributed by atoms with Crippen molar-refractivity contribution in [3.63, 3.8) is 0 Å². The van der Waals surface area contributed by atoms with E-state index in [4.69, 9.17) is 4.74 Å². The highest BCUT2D eigenvalue weighted by Crippen LogP contribution is 2.42. The van der Waals surface area contributed by atoms with Crippen molar-refractivity contribution in [1.29, 1.82) is 0 Å². The van der Waals surface area contributed by atoms with Gasteiger partial charge in [-0.3, -0.25) is 4.79 Å². The van der Waals surface area contributed by atoms with Gasteiger partial charge in [0.2, 0.25) is 0 Å². The maximum absolute atomic E-state index is 11.1. The van der Waals surface area contributed by atoms with Crippen molar-refractivity contribution in [2.24, 2.45) is 5.41 Å². The first-order chi connectivity index (χ1) is 8.72. The summed E-state index contributed by atoms with van der Waals surface area (Å²) in [5.74, 6) is 0.840. The highest BCUT2D eigenvalue weighted by Gasteiger charge is 2.44. The summed E-state index contributed by atoms with van der Waals surface area (Å²) in [4.78, 5) is 17.7. The number of hydrogen-bond donors (Lipinski definition) is 0. The molecule has 0 bridgehead atoms.